The van der Waals surface area contributed by atoms with E-state index in [0.29, 0.717) is 44.8 Å². The lowest BCUT2D eigenvalue weighted by atomic mass is 10.1. The van der Waals surface area contributed by atoms with Crippen LogP contribution in [0.15, 0.2) is 59.5 Å². The van der Waals surface area contributed by atoms with E-state index in [1.54, 1.807) is 35.2 Å². The predicted molar refractivity (Wildman–Crippen MR) is 135 cm³/mol. The van der Waals surface area contributed by atoms with Gasteiger partial charge in [-0.3, -0.25) is 14.5 Å². The van der Waals surface area contributed by atoms with Gasteiger partial charge in [0.15, 0.2) is 0 Å². The summed E-state index contributed by atoms with van der Waals surface area (Å²) in [5, 5.41) is 0. The summed E-state index contributed by atoms with van der Waals surface area (Å²) >= 11 is 0. The van der Waals surface area contributed by atoms with Crippen molar-refractivity contribution in [2.45, 2.75) is 31.2 Å². The van der Waals surface area contributed by atoms with Crippen molar-refractivity contribution >= 4 is 21.8 Å². The van der Waals surface area contributed by atoms with E-state index >= 15 is 0 Å². The molecule has 2 fully saturated rings. The lowest BCUT2D eigenvalue weighted by Gasteiger charge is -2.40. The summed E-state index contributed by atoms with van der Waals surface area (Å²) in [5.41, 5.74) is 1.90. The number of carbonyl (C=O) groups excluding carboxylic acids is 2. The minimum atomic E-state index is -3.55. The molecular formula is C26H34N4O4S. The van der Waals surface area contributed by atoms with Crippen molar-refractivity contribution in [1.29, 1.82) is 0 Å². The molecule has 188 valence electrons. The lowest BCUT2D eigenvalue weighted by molar-refractivity contribution is -0.138. The number of rotatable bonds is 6. The quantitative estimate of drug-likeness (QED) is 0.608. The van der Waals surface area contributed by atoms with Crippen molar-refractivity contribution in [3.05, 3.63) is 65.7 Å². The summed E-state index contributed by atoms with van der Waals surface area (Å²) in [7, 11) is -3.55. The fourth-order valence-electron chi connectivity index (χ4n) is 4.69. The average Bonchev–Trinajstić information content (AvgIpc) is 2.92. The SMILES string of the molecule is CCc1ccc(C(=O)N2CCN(C(C)C(=O)N3CCN(S(=O)(=O)c4ccccc4)CC3)CC2)cc1. The van der Waals surface area contributed by atoms with E-state index in [0.717, 1.165) is 6.42 Å². The smallest absolute Gasteiger partial charge is 0.253 e. The highest BCUT2D eigenvalue weighted by molar-refractivity contribution is 7.89. The number of sulfonamides is 1. The highest BCUT2D eigenvalue weighted by atomic mass is 32.2. The minimum Gasteiger partial charge on any atom is -0.339 e. The van der Waals surface area contributed by atoms with Gasteiger partial charge in [-0.25, -0.2) is 8.42 Å². The molecule has 0 spiro atoms. The van der Waals surface area contributed by atoms with Gasteiger partial charge in [0.05, 0.1) is 10.9 Å². The van der Waals surface area contributed by atoms with Crippen LogP contribution in [0.3, 0.4) is 0 Å². The monoisotopic (exact) mass is 498 g/mol. The van der Waals surface area contributed by atoms with Crippen LogP contribution in [0.2, 0.25) is 0 Å². The first-order valence-corrected chi connectivity index (χ1v) is 13.7. The van der Waals surface area contributed by atoms with Crippen molar-refractivity contribution < 1.29 is 18.0 Å². The molecule has 1 atom stereocenters. The summed E-state index contributed by atoms with van der Waals surface area (Å²) < 4.78 is 27.1. The molecule has 0 aromatic heterocycles. The third kappa shape index (κ3) is 5.58. The molecular weight excluding hydrogens is 464 g/mol. The van der Waals surface area contributed by atoms with Gasteiger partial charge in [-0.1, -0.05) is 37.3 Å². The van der Waals surface area contributed by atoms with Crippen LogP contribution in [0.5, 0.6) is 0 Å². The molecule has 0 saturated carbocycles. The fourth-order valence-corrected chi connectivity index (χ4v) is 6.13. The molecule has 2 saturated heterocycles. The van der Waals surface area contributed by atoms with Crippen molar-refractivity contribution in [2.75, 3.05) is 52.4 Å². The average molecular weight is 499 g/mol. The molecule has 0 N–H and O–H groups in total. The summed E-state index contributed by atoms with van der Waals surface area (Å²) in [4.78, 5) is 32.0. The third-order valence-corrected chi connectivity index (χ3v) is 8.96. The van der Waals surface area contributed by atoms with Gasteiger partial charge in [0.25, 0.3) is 5.91 Å². The molecule has 2 aromatic carbocycles. The maximum Gasteiger partial charge on any atom is 0.253 e. The number of benzene rings is 2. The molecule has 9 heteroatoms. The Morgan fingerprint density at radius 3 is 1.94 bits per heavy atom. The second-order valence-corrected chi connectivity index (χ2v) is 11.0. The van der Waals surface area contributed by atoms with Gasteiger partial charge in [0.2, 0.25) is 15.9 Å². The van der Waals surface area contributed by atoms with E-state index < -0.39 is 10.0 Å². The molecule has 1 unspecified atom stereocenters. The largest absolute Gasteiger partial charge is 0.339 e. The number of nitrogens with zero attached hydrogens (tertiary/aromatic N) is 4. The topological polar surface area (TPSA) is 81.2 Å². The fraction of sp³-hybridized carbons (Fsp3) is 0.462. The standard InChI is InChI=1S/C26H34N4O4S/c1-3-22-9-11-23(12-10-22)26(32)29-15-13-27(14-16-29)21(2)25(31)28-17-19-30(20-18-28)35(33,34)24-7-5-4-6-8-24/h4-12,21H,3,13-20H2,1-2H3. The zero-order chi connectivity index (χ0) is 25.0. The maximum absolute atomic E-state index is 13.2. The van der Waals surface area contributed by atoms with Gasteiger partial charge >= 0.3 is 0 Å². The van der Waals surface area contributed by atoms with Crippen LogP contribution in [0.1, 0.15) is 29.8 Å². The zero-order valence-electron chi connectivity index (χ0n) is 20.5. The Morgan fingerprint density at radius 2 is 1.37 bits per heavy atom. The summed E-state index contributed by atoms with van der Waals surface area (Å²) in [6.07, 6.45) is 0.941. The molecule has 8 nitrogen and oxygen atoms in total. The molecule has 0 radical (unpaired) electrons. The number of aryl methyl sites for hydroxylation is 1. The van der Waals surface area contributed by atoms with Crippen LogP contribution < -0.4 is 0 Å². The van der Waals surface area contributed by atoms with Crippen molar-refractivity contribution in [3.8, 4) is 0 Å². The number of amides is 2. The zero-order valence-corrected chi connectivity index (χ0v) is 21.3. The Hall–Kier alpha value is -2.75. The molecule has 2 aliphatic heterocycles. The lowest BCUT2D eigenvalue weighted by Crippen LogP contribution is -2.58. The molecule has 35 heavy (non-hydrogen) atoms. The predicted octanol–water partition coefficient (Wildman–Crippen LogP) is 1.93. The van der Waals surface area contributed by atoms with Crippen LogP contribution in [-0.2, 0) is 21.2 Å². The molecule has 4 rings (SSSR count). The van der Waals surface area contributed by atoms with Crippen LogP contribution in [-0.4, -0.2) is 97.6 Å². The number of hydrogen-bond acceptors (Lipinski definition) is 5. The Balaban J connectivity index is 1.28. The van der Waals surface area contributed by atoms with E-state index in [4.69, 9.17) is 0 Å². The Labute approximate surface area is 208 Å². The summed E-state index contributed by atoms with van der Waals surface area (Å²) in [5.74, 6) is 0.0405. The van der Waals surface area contributed by atoms with Crippen LogP contribution in [0.4, 0.5) is 0 Å². The van der Waals surface area contributed by atoms with Gasteiger partial charge in [-0.15, -0.1) is 0 Å². The molecule has 2 heterocycles. The van der Waals surface area contributed by atoms with Crippen LogP contribution >= 0.6 is 0 Å². The van der Waals surface area contributed by atoms with E-state index in [9.17, 15) is 18.0 Å². The van der Waals surface area contributed by atoms with Crippen molar-refractivity contribution in [3.63, 3.8) is 0 Å². The second kappa shape index (κ2) is 10.9. The van der Waals surface area contributed by atoms with Gasteiger partial charge in [-0.05, 0) is 43.2 Å². The van der Waals surface area contributed by atoms with Crippen molar-refractivity contribution in [2.24, 2.45) is 0 Å². The number of carbonyl (C=O) groups is 2. The summed E-state index contributed by atoms with van der Waals surface area (Å²) in [6, 6.07) is 15.9. The van der Waals surface area contributed by atoms with Crippen LogP contribution in [0.25, 0.3) is 0 Å². The van der Waals surface area contributed by atoms with Crippen molar-refractivity contribution in [1.82, 2.24) is 19.0 Å². The molecule has 2 aliphatic rings. The molecule has 2 amide bonds. The van der Waals surface area contributed by atoms with Gasteiger partial charge in [0.1, 0.15) is 0 Å². The Morgan fingerprint density at radius 1 is 0.800 bits per heavy atom. The molecule has 2 aromatic rings. The number of hydrogen-bond donors (Lipinski definition) is 0. The minimum absolute atomic E-state index is 0.0108. The number of piperazine rings is 2. The first-order chi connectivity index (χ1) is 16.8. The van der Waals surface area contributed by atoms with E-state index in [1.807, 2.05) is 36.1 Å². The first kappa shape index (κ1) is 25.3. The Kier molecular flexibility index (Phi) is 7.88. The van der Waals surface area contributed by atoms with Gasteiger partial charge < -0.3 is 9.80 Å². The van der Waals surface area contributed by atoms with Gasteiger partial charge in [0, 0.05) is 57.9 Å². The molecule has 0 bridgehead atoms. The second-order valence-electron chi connectivity index (χ2n) is 9.10. The molecule has 0 aliphatic carbocycles. The highest BCUT2D eigenvalue weighted by Gasteiger charge is 2.34. The Bertz CT molecular complexity index is 1120. The van der Waals surface area contributed by atoms with E-state index in [1.165, 1.54) is 9.87 Å². The van der Waals surface area contributed by atoms with E-state index in [2.05, 4.69) is 11.8 Å². The van der Waals surface area contributed by atoms with Gasteiger partial charge in [-0.2, -0.15) is 4.31 Å². The normalized spacial score (nSPS) is 18.9. The van der Waals surface area contributed by atoms with E-state index in [-0.39, 0.29) is 35.8 Å². The third-order valence-electron chi connectivity index (χ3n) is 7.05. The summed E-state index contributed by atoms with van der Waals surface area (Å²) in [6.45, 7) is 7.74. The highest BCUT2D eigenvalue weighted by Crippen LogP contribution is 2.19. The maximum atomic E-state index is 13.2. The first-order valence-electron chi connectivity index (χ1n) is 12.3. The van der Waals surface area contributed by atoms with Crippen LogP contribution in [0, 0.1) is 0 Å².